The zero-order valence-corrected chi connectivity index (χ0v) is 9.29. The van der Waals surface area contributed by atoms with E-state index in [9.17, 15) is 10.0 Å². The molecule has 5 heteroatoms. The van der Waals surface area contributed by atoms with Gasteiger partial charge in [-0.25, -0.2) is 4.79 Å². The second-order valence-corrected chi connectivity index (χ2v) is 5.35. The van der Waals surface area contributed by atoms with Crippen LogP contribution in [-0.4, -0.2) is 20.3 Å². The number of imidazole rings is 1. The van der Waals surface area contributed by atoms with Gasteiger partial charge in [-0.2, -0.15) is 11.8 Å². The highest BCUT2D eigenvalue weighted by Gasteiger charge is 2.31. The quantitative estimate of drug-likeness (QED) is 0.736. The van der Waals surface area contributed by atoms with Crippen LogP contribution in [0.2, 0.25) is 0 Å². The molecule has 1 fully saturated rings. The first-order valence-corrected chi connectivity index (χ1v) is 6.56. The Balaban J connectivity index is 2.17. The van der Waals surface area contributed by atoms with Crippen LogP contribution in [0.15, 0.2) is 4.79 Å². The van der Waals surface area contributed by atoms with E-state index in [2.05, 4.69) is 0 Å². The highest BCUT2D eigenvalue weighted by Crippen LogP contribution is 2.36. The Bertz CT molecular complexity index is 445. The average molecular weight is 226 g/mol. The molecular formula is C10H14N2O2S. The summed E-state index contributed by atoms with van der Waals surface area (Å²) in [4.78, 5) is 11.8. The smallest absolute Gasteiger partial charge is 0.361 e. The Morgan fingerprint density at radius 3 is 2.87 bits per heavy atom. The second kappa shape index (κ2) is 3.33. The van der Waals surface area contributed by atoms with Crippen LogP contribution < -0.4 is 5.69 Å². The van der Waals surface area contributed by atoms with Gasteiger partial charge >= 0.3 is 5.69 Å². The standard InChI is InChI=1S/C10H14N2O2S/c13-10-11(7-3-4-7)8-2-1-5-15-6-9(8)12(10)14/h7,14H,1-6H2. The molecule has 0 bridgehead atoms. The van der Waals surface area contributed by atoms with Crippen molar-refractivity contribution in [2.24, 2.45) is 0 Å². The first-order valence-electron chi connectivity index (χ1n) is 5.41. The minimum Gasteiger partial charge on any atom is -0.424 e. The third-order valence-electron chi connectivity index (χ3n) is 3.12. The van der Waals surface area contributed by atoms with E-state index in [1.807, 2.05) is 4.57 Å². The van der Waals surface area contributed by atoms with Crippen molar-refractivity contribution in [1.29, 1.82) is 0 Å². The predicted octanol–water partition coefficient (Wildman–Crippen LogP) is 1.40. The first-order chi connectivity index (χ1) is 7.29. The number of nitrogens with zero attached hydrogens (tertiary/aromatic N) is 2. The van der Waals surface area contributed by atoms with Crippen LogP contribution in [0.25, 0.3) is 0 Å². The minimum absolute atomic E-state index is 0.231. The Hall–Kier alpha value is -0.840. The molecular weight excluding hydrogens is 212 g/mol. The van der Waals surface area contributed by atoms with Crippen LogP contribution in [0.3, 0.4) is 0 Å². The summed E-state index contributed by atoms with van der Waals surface area (Å²) in [6, 6.07) is 0.364. The molecule has 82 valence electrons. The van der Waals surface area contributed by atoms with Gasteiger partial charge in [0.2, 0.25) is 0 Å². The molecule has 15 heavy (non-hydrogen) atoms. The summed E-state index contributed by atoms with van der Waals surface area (Å²) in [6.07, 6.45) is 4.21. The van der Waals surface area contributed by atoms with Gasteiger partial charge < -0.3 is 5.21 Å². The van der Waals surface area contributed by atoms with Gasteiger partial charge in [0.1, 0.15) is 0 Å². The van der Waals surface area contributed by atoms with Gasteiger partial charge in [-0.3, -0.25) is 4.57 Å². The van der Waals surface area contributed by atoms with Gasteiger partial charge in [0.05, 0.1) is 5.69 Å². The van der Waals surface area contributed by atoms with E-state index in [4.69, 9.17) is 0 Å². The number of fused-ring (bicyclic) bond motifs is 1. The van der Waals surface area contributed by atoms with E-state index in [0.717, 1.165) is 53.3 Å². The Morgan fingerprint density at radius 2 is 2.13 bits per heavy atom. The van der Waals surface area contributed by atoms with E-state index in [-0.39, 0.29) is 5.69 Å². The minimum atomic E-state index is -0.231. The normalized spacial score (nSPS) is 21.1. The van der Waals surface area contributed by atoms with Gasteiger partial charge in [0, 0.05) is 17.5 Å². The Morgan fingerprint density at radius 1 is 1.33 bits per heavy atom. The summed E-state index contributed by atoms with van der Waals surface area (Å²) in [5.74, 6) is 1.88. The molecule has 3 rings (SSSR count). The summed E-state index contributed by atoms with van der Waals surface area (Å²) >= 11 is 1.79. The van der Waals surface area contributed by atoms with E-state index < -0.39 is 0 Å². The van der Waals surface area contributed by atoms with Crippen molar-refractivity contribution < 1.29 is 5.21 Å². The Kier molecular flexibility index (Phi) is 2.09. The van der Waals surface area contributed by atoms with Gasteiger partial charge in [0.15, 0.2) is 0 Å². The van der Waals surface area contributed by atoms with Crippen molar-refractivity contribution in [3.8, 4) is 0 Å². The molecule has 1 aliphatic heterocycles. The van der Waals surface area contributed by atoms with Crippen molar-refractivity contribution in [3.63, 3.8) is 0 Å². The van der Waals surface area contributed by atoms with Crippen LogP contribution in [0.1, 0.15) is 36.7 Å². The topological polar surface area (TPSA) is 47.2 Å². The molecule has 0 amide bonds. The SMILES string of the molecule is O=c1n(O)c2c(n1C1CC1)CCCSC2. The van der Waals surface area contributed by atoms with Crippen molar-refractivity contribution in [1.82, 2.24) is 9.30 Å². The lowest BCUT2D eigenvalue weighted by Crippen LogP contribution is -2.23. The zero-order valence-electron chi connectivity index (χ0n) is 8.48. The molecule has 0 unspecified atom stereocenters. The molecule has 1 N–H and O–H groups in total. The molecule has 0 spiro atoms. The summed E-state index contributed by atoms with van der Waals surface area (Å²) in [7, 11) is 0. The fraction of sp³-hybridized carbons (Fsp3) is 0.700. The predicted molar refractivity (Wildman–Crippen MR) is 58.6 cm³/mol. The average Bonchev–Trinajstić information content (AvgIpc) is 3.01. The lowest BCUT2D eigenvalue weighted by atomic mass is 10.2. The molecule has 4 nitrogen and oxygen atoms in total. The van der Waals surface area contributed by atoms with E-state index in [1.54, 1.807) is 11.8 Å². The molecule has 0 aromatic carbocycles. The summed E-state index contributed by atoms with van der Waals surface area (Å²) in [5, 5.41) is 9.74. The molecule has 0 atom stereocenters. The summed E-state index contributed by atoms with van der Waals surface area (Å²) in [6.45, 7) is 0. The maximum absolute atomic E-state index is 11.8. The molecule has 0 saturated heterocycles. The summed E-state index contributed by atoms with van der Waals surface area (Å²) < 4.78 is 2.69. The fourth-order valence-electron chi connectivity index (χ4n) is 2.22. The maximum Gasteiger partial charge on any atom is 0.361 e. The molecule has 1 aromatic rings. The monoisotopic (exact) mass is 226 g/mol. The van der Waals surface area contributed by atoms with E-state index in [1.165, 1.54) is 0 Å². The molecule has 1 saturated carbocycles. The van der Waals surface area contributed by atoms with Crippen LogP contribution >= 0.6 is 11.8 Å². The second-order valence-electron chi connectivity index (χ2n) is 4.25. The molecule has 2 heterocycles. The van der Waals surface area contributed by atoms with Crippen LogP contribution in [0.5, 0.6) is 0 Å². The number of hydrogen-bond donors (Lipinski definition) is 1. The van der Waals surface area contributed by atoms with Crippen molar-refractivity contribution in [2.45, 2.75) is 37.5 Å². The van der Waals surface area contributed by atoms with Crippen molar-refractivity contribution >= 4 is 11.8 Å². The van der Waals surface area contributed by atoms with Crippen LogP contribution in [0, 0.1) is 0 Å². The number of rotatable bonds is 1. The number of thioether (sulfide) groups is 1. The highest BCUT2D eigenvalue weighted by molar-refractivity contribution is 7.98. The largest absolute Gasteiger partial charge is 0.424 e. The lowest BCUT2D eigenvalue weighted by molar-refractivity contribution is 0.166. The van der Waals surface area contributed by atoms with Gasteiger partial charge in [0.25, 0.3) is 0 Å². The maximum atomic E-state index is 11.8. The zero-order chi connectivity index (χ0) is 10.4. The lowest BCUT2D eigenvalue weighted by Gasteiger charge is -2.03. The molecule has 0 radical (unpaired) electrons. The first kappa shape index (κ1) is 9.39. The van der Waals surface area contributed by atoms with E-state index >= 15 is 0 Å². The number of aromatic nitrogens is 2. The van der Waals surface area contributed by atoms with Gasteiger partial charge in [-0.05, 0) is 31.4 Å². The molecule has 1 aliphatic carbocycles. The van der Waals surface area contributed by atoms with Crippen molar-refractivity contribution in [2.75, 3.05) is 5.75 Å². The highest BCUT2D eigenvalue weighted by atomic mass is 32.2. The third-order valence-corrected chi connectivity index (χ3v) is 4.17. The van der Waals surface area contributed by atoms with Gasteiger partial charge in [-0.1, -0.05) is 0 Å². The van der Waals surface area contributed by atoms with Crippen molar-refractivity contribution in [3.05, 3.63) is 21.9 Å². The number of hydrogen-bond acceptors (Lipinski definition) is 3. The van der Waals surface area contributed by atoms with E-state index in [0.29, 0.717) is 6.04 Å². The third kappa shape index (κ3) is 1.40. The molecule has 1 aromatic heterocycles. The Labute approximate surface area is 91.9 Å². The fourth-order valence-corrected chi connectivity index (χ4v) is 3.20. The van der Waals surface area contributed by atoms with Crippen LogP contribution in [0.4, 0.5) is 0 Å². The van der Waals surface area contributed by atoms with Crippen LogP contribution in [-0.2, 0) is 12.2 Å². The van der Waals surface area contributed by atoms with Gasteiger partial charge in [-0.15, -0.1) is 4.73 Å². The molecule has 2 aliphatic rings. The summed E-state index contributed by atoms with van der Waals surface area (Å²) in [5.41, 5.74) is 1.68.